The maximum atomic E-state index is 12.0. The first-order valence-electron chi connectivity index (χ1n) is 8.32. The van der Waals surface area contributed by atoms with Crippen LogP contribution in [0.3, 0.4) is 0 Å². The summed E-state index contributed by atoms with van der Waals surface area (Å²) in [6.07, 6.45) is 1.04. The summed E-state index contributed by atoms with van der Waals surface area (Å²) in [5.41, 5.74) is 1.82. The minimum atomic E-state index is -0.0581. The summed E-state index contributed by atoms with van der Waals surface area (Å²) in [6, 6.07) is 17.2. The number of hydrogen-bond acceptors (Lipinski definition) is 5. The number of amides is 1. The third kappa shape index (κ3) is 5.07. The number of nitrogens with one attached hydrogen (secondary N) is 1. The van der Waals surface area contributed by atoms with Crippen LogP contribution in [0, 0.1) is 0 Å². The van der Waals surface area contributed by atoms with Crippen molar-refractivity contribution in [2.45, 2.75) is 12.8 Å². The fraction of sp³-hybridized carbons (Fsp3) is 0.200. The summed E-state index contributed by atoms with van der Waals surface area (Å²) in [7, 11) is 1.64. The first-order chi connectivity index (χ1) is 12.7. The Labute approximate surface area is 156 Å². The molecule has 0 spiro atoms. The summed E-state index contributed by atoms with van der Waals surface area (Å²) >= 11 is 1.41. The Morgan fingerprint density at radius 1 is 1.08 bits per heavy atom. The van der Waals surface area contributed by atoms with E-state index in [1.165, 1.54) is 11.3 Å². The standard InChI is InChI=1S/C20H20N2O3S/c1-24-16-11-9-15(10-12-16)18-14-26-20(21-18)22-19(23)8-5-13-25-17-6-3-2-4-7-17/h2-4,6-7,9-12,14H,5,8,13H2,1H3,(H,21,22,23). The van der Waals surface area contributed by atoms with Gasteiger partial charge in [0, 0.05) is 17.4 Å². The number of rotatable bonds is 8. The molecule has 3 aromatic rings. The summed E-state index contributed by atoms with van der Waals surface area (Å²) in [5.74, 6) is 1.56. The van der Waals surface area contributed by atoms with E-state index in [-0.39, 0.29) is 5.91 Å². The molecule has 5 nitrogen and oxygen atoms in total. The Morgan fingerprint density at radius 3 is 2.58 bits per heavy atom. The molecule has 1 heterocycles. The number of ether oxygens (including phenoxy) is 2. The molecule has 0 aliphatic heterocycles. The van der Waals surface area contributed by atoms with E-state index in [2.05, 4.69) is 10.3 Å². The average Bonchev–Trinajstić information content (AvgIpc) is 3.14. The second-order valence-corrected chi connectivity index (χ2v) is 6.44. The molecule has 3 rings (SSSR count). The molecule has 0 aliphatic carbocycles. The molecular weight excluding hydrogens is 348 g/mol. The van der Waals surface area contributed by atoms with Gasteiger partial charge in [-0.15, -0.1) is 11.3 Å². The van der Waals surface area contributed by atoms with E-state index < -0.39 is 0 Å². The van der Waals surface area contributed by atoms with E-state index in [1.54, 1.807) is 7.11 Å². The Kier molecular flexibility index (Phi) is 6.22. The lowest BCUT2D eigenvalue weighted by Gasteiger charge is -2.05. The van der Waals surface area contributed by atoms with Crippen LogP contribution in [-0.4, -0.2) is 24.6 Å². The van der Waals surface area contributed by atoms with E-state index in [0.29, 0.717) is 24.6 Å². The highest BCUT2D eigenvalue weighted by atomic mass is 32.1. The van der Waals surface area contributed by atoms with Crippen LogP contribution in [0.4, 0.5) is 5.13 Å². The van der Waals surface area contributed by atoms with E-state index in [4.69, 9.17) is 9.47 Å². The molecule has 134 valence electrons. The number of benzene rings is 2. The van der Waals surface area contributed by atoms with Crippen molar-refractivity contribution in [1.82, 2.24) is 4.98 Å². The van der Waals surface area contributed by atoms with Gasteiger partial charge < -0.3 is 14.8 Å². The molecule has 0 fully saturated rings. The number of nitrogens with zero attached hydrogens (tertiary/aromatic N) is 1. The SMILES string of the molecule is COc1ccc(-c2csc(NC(=O)CCCOc3ccccc3)n2)cc1. The van der Waals surface area contributed by atoms with Gasteiger partial charge in [0.05, 0.1) is 19.4 Å². The van der Waals surface area contributed by atoms with Crippen LogP contribution < -0.4 is 14.8 Å². The predicted molar refractivity (Wildman–Crippen MR) is 104 cm³/mol. The smallest absolute Gasteiger partial charge is 0.226 e. The largest absolute Gasteiger partial charge is 0.497 e. The number of thiazole rings is 1. The van der Waals surface area contributed by atoms with Crippen molar-refractivity contribution in [3.05, 3.63) is 60.0 Å². The summed E-state index contributed by atoms with van der Waals surface area (Å²) < 4.78 is 10.7. The van der Waals surface area contributed by atoms with Crippen molar-refractivity contribution in [2.24, 2.45) is 0 Å². The van der Waals surface area contributed by atoms with Gasteiger partial charge in [-0.05, 0) is 42.8 Å². The molecule has 0 bridgehead atoms. The van der Waals surface area contributed by atoms with E-state index in [1.807, 2.05) is 60.0 Å². The van der Waals surface area contributed by atoms with Gasteiger partial charge in [-0.2, -0.15) is 0 Å². The maximum absolute atomic E-state index is 12.0. The van der Waals surface area contributed by atoms with Crippen molar-refractivity contribution < 1.29 is 14.3 Å². The highest BCUT2D eigenvalue weighted by Crippen LogP contribution is 2.26. The topological polar surface area (TPSA) is 60.5 Å². The lowest BCUT2D eigenvalue weighted by atomic mass is 10.2. The number of methoxy groups -OCH3 is 1. The lowest BCUT2D eigenvalue weighted by molar-refractivity contribution is -0.116. The Balaban J connectivity index is 1.45. The highest BCUT2D eigenvalue weighted by molar-refractivity contribution is 7.14. The zero-order valence-electron chi connectivity index (χ0n) is 14.5. The molecule has 0 radical (unpaired) electrons. The second-order valence-electron chi connectivity index (χ2n) is 5.58. The molecular formula is C20H20N2O3S. The van der Waals surface area contributed by atoms with Crippen molar-refractivity contribution in [1.29, 1.82) is 0 Å². The maximum Gasteiger partial charge on any atom is 0.226 e. The zero-order chi connectivity index (χ0) is 18.2. The normalized spacial score (nSPS) is 10.3. The molecule has 0 aliphatic rings. The number of para-hydroxylation sites is 1. The van der Waals surface area contributed by atoms with Gasteiger partial charge in [0.2, 0.25) is 5.91 Å². The van der Waals surface area contributed by atoms with Crippen molar-refractivity contribution >= 4 is 22.4 Å². The van der Waals surface area contributed by atoms with Crippen LogP contribution in [0.2, 0.25) is 0 Å². The molecule has 1 N–H and O–H groups in total. The second kappa shape index (κ2) is 9.01. The number of carbonyl (C=O) groups is 1. The first-order valence-corrected chi connectivity index (χ1v) is 9.20. The molecule has 0 atom stereocenters. The van der Waals surface area contributed by atoms with Crippen molar-refractivity contribution in [2.75, 3.05) is 19.0 Å². The number of carbonyl (C=O) groups excluding carboxylic acids is 1. The summed E-state index contributed by atoms with van der Waals surface area (Å²) in [6.45, 7) is 0.506. The van der Waals surface area contributed by atoms with E-state index >= 15 is 0 Å². The quantitative estimate of drug-likeness (QED) is 0.590. The fourth-order valence-corrected chi connectivity index (χ4v) is 3.08. The van der Waals surface area contributed by atoms with E-state index in [9.17, 15) is 4.79 Å². The third-order valence-corrected chi connectivity index (χ3v) is 4.45. The van der Waals surface area contributed by atoms with Crippen molar-refractivity contribution in [3.8, 4) is 22.8 Å². The van der Waals surface area contributed by atoms with Gasteiger partial charge in [0.1, 0.15) is 11.5 Å². The van der Waals surface area contributed by atoms with E-state index in [0.717, 1.165) is 22.8 Å². The molecule has 1 aromatic heterocycles. The third-order valence-electron chi connectivity index (χ3n) is 3.70. The van der Waals surface area contributed by atoms with Gasteiger partial charge in [-0.25, -0.2) is 4.98 Å². The Hall–Kier alpha value is -2.86. The van der Waals surface area contributed by atoms with Gasteiger partial charge in [-0.3, -0.25) is 4.79 Å². The molecule has 0 saturated heterocycles. The Bertz CT molecular complexity index is 832. The van der Waals surface area contributed by atoms with Gasteiger partial charge in [0.25, 0.3) is 0 Å². The minimum absolute atomic E-state index is 0.0581. The van der Waals surface area contributed by atoms with Crippen molar-refractivity contribution in [3.63, 3.8) is 0 Å². The minimum Gasteiger partial charge on any atom is -0.497 e. The van der Waals surface area contributed by atoms with Crippen LogP contribution in [0.1, 0.15) is 12.8 Å². The Morgan fingerprint density at radius 2 is 1.85 bits per heavy atom. The first kappa shape index (κ1) is 17.9. The lowest BCUT2D eigenvalue weighted by Crippen LogP contribution is -2.12. The number of anilines is 1. The monoisotopic (exact) mass is 368 g/mol. The molecule has 0 unspecified atom stereocenters. The molecule has 2 aromatic carbocycles. The predicted octanol–water partition coefficient (Wildman–Crippen LogP) is 4.62. The molecule has 1 amide bonds. The van der Waals surface area contributed by atoms with Crippen LogP contribution in [0.5, 0.6) is 11.5 Å². The molecule has 26 heavy (non-hydrogen) atoms. The molecule has 0 saturated carbocycles. The summed E-state index contributed by atoms with van der Waals surface area (Å²) in [4.78, 5) is 16.5. The summed E-state index contributed by atoms with van der Waals surface area (Å²) in [5, 5.41) is 5.37. The average molecular weight is 368 g/mol. The van der Waals surface area contributed by atoms with Crippen LogP contribution in [0.15, 0.2) is 60.0 Å². The van der Waals surface area contributed by atoms with Gasteiger partial charge >= 0.3 is 0 Å². The van der Waals surface area contributed by atoms with Crippen LogP contribution in [0.25, 0.3) is 11.3 Å². The molecule has 6 heteroatoms. The van der Waals surface area contributed by atoms with Crippen LogP contribution in [-0.2, 0) is 4.79 Å². The zero-order valence-corrected chi connectivity index (χ0v) is 15.3. The van der Waals surface area contributed by atoms with Crippen LogP contribution >= 0.6 is 11.3 Å². The van der Waals surface area contributed by atoms with Gasteiger partial charge in [0.15, 0.2) is 5.13 Å². The van der Waals surface area contributed by atoms with Gasteiger partial charge in [-0.1, -0.05) is 18.2 Å². The highest BCUT2D eigenvalue weighted by Gasteiger charge is 2.08. The fourth-order valence-electron chi connectivity index (χ4n) is 2.35. The number of hydrogen-bond donors (Lipinski definition) is 1. The number of aromatic nitrogens is 1.